The molecular formula is C10H16OSSi. The molecule has 0 fully saturated rings. The Morgan fingerprint density at radius 1 is 1.31 bits per heavy atom. The van der Waals surface area contributed by atoms with E-state index in [4.69, 9.17) is 17.0 Å². The van der Waals surface area contributed by atoms with Crippen molar-refractivity contribution in [3.05, 3.63) is 24.3 Å². The minimum Gasteiger partial charge on any atom is -0.372 e. The van der Waals surface area contributed by atoms with Gasteiger partial charge in [0.25, 0.3) is 0 Å². The van der Waals surface area contributed by atoms with E-state index in [0.29, 0.717) is 0 Å². The highest BCUT2D eigenvalue weighted by Crippen LogP contribution is 2.30. The fourth-order valence-corrected chi connectivity index (χ4v) is 4.81. The van der Waals surface area contributed by atoms with Gasteiger partial charge in [-0.1, -0.05) is 50.1 Å². The molecule has 0 heterocycles. The molecule has 1 nitrogen and oxygen atoms in total. The van der Waals surface area contributed by atoms with Crippen molar-refractivity contribution in [2.75, 3.05) is 7.11 Å². The molecule has 0 amide bonds. The summed E-state index contributed by atoms with van der Waals surface area (Å²) in [6, 6.07) is 0. The Kier molecular flexibility index (Phi) is 2.90. The Bertz CT molecular complexity index is 275. The quantitative estimate of drug-likeness (QED) is 0.514. The maximum absolute atomic E-state index is 5.64. The van der Waals surface area contributed by atoms with Gasteiger partial charge in [0.05, 0.1) is 8.07 Å². The lowest BCUT2D eigenvalue weighted by atomic mass is 10.1. The SMILES string of the molecule is COC1([Si](C)(C)C)C=CC=CC1=S. The van der Waals surface area contributed by atoms with Crippen LogP contribution in [0.5, 0.6) is 0 Å². The number of thiocarbonyl (C=S) groups is 1. The number of allylic oxidation sites excluding steroid dienone is 2. The highest BCUT2D eigenvalue weighted by Gasteiger charge is 2.44. The topological polar surface area (TPSA) is 9.23 Å². The van der Waals surface area contributed by atoms with Crippen molar-refractivity contribution < 1.29 is 4.74 Å². The lowest BCUT2D eigenvalue weighted by Crippen LogP contribution is -2.57. The summed E-state index contributed by atoms with van der Waals surface area (Å²) in [6.07, 6.45) is 8.07. The first-order valence-electron chi connectivity index (χ1n) is 4.39. The highest BCUT2D eigenvalue weighted by atomic mass is 32.1. The van der Waals surface area contributed by atoms with Crippen LogP contribution in [0.15, 0.2) is 24.3 Å². The summed E-state index contributed by atoms with van der Waals surface area (Å²) in [5.74, 6) is 0. The lowest BCUT2D eigenvalue weighted by Gasteiger charge is -2.40. The fraction of sp³-hybridized carbons (Fsp3) is 0.500. The predicted molar refractivity (Wildman–Crippen MR) is 64.0 cm³/mol. The summed E-state index contributed by atoms with van der Waals surface area (Å²) in [4.78, 5) is 0.914. The van der Waals surface area contributed by atoms with Gasteiger partial charge < -0.3 is 4.74 Å². The van der Waals surface area contributed by atoms with Crippen LogP contribution in [-0.4, -0.2) is 25.3 Å². The maximum Gasteiger partial charge on any atom is 0.109 e. The van der Waals surface area contributed by atoms with E-state index in [1.807, 2.05) is 18.2 Å². The molecule has 1 unspecified atom stereocenters. The Balaban J connectivity index is 3.14. The van der Waals surface area contributed by atoms with E-state index in [1.54, 1.807) is 7.11 Å². The molecular weight excluding hydrogens is 196 g/mol. The molecule has 0 saturated carbocycles. The van der Waals surface area contributed by atoms with Crippen LogP contribution < -0.4 is 0 Å². The third-order valence-electron chi connectivity index (χ3n) is 2.49. The second kappa shape index (κ2) is 3.48. The van der Waals surface area contributed by atoms with E-state index >= 15 is 0 Å². The van der Waals surface area contributed by atoms with Crippen molar-refractivity contribution in [2.24, 2.45) is 0 Å². The summed E-state index contributed by atoms with van der Waals surface area (Å²) >= 11 is 5.36. The van der Waals surface area contributed by atoms with Crippen molar-refractivity contribution in [1.29, 1.82) is 0 Å². The number of hydrogen-bond donors (Lipinski definition) is 0. The molecule has 0 N–H and O–H groups in total. The first kappa shape index (κ1) is 10.8. The number of methoxy groups -OCH3 is 1. The Morgan fingerprint density at radius 3 is 2.23 bits per heavy atom. The van der Waals surface area contributed by atoms with Crippen LogP contribution >= 0.6 is 12.2 Å². The van der Waals surface area contributed by atoms with Crippen LogP contribution in [-0.2, 0) is 4.74 Å². The summed E-state index contributed by atoms with van der Waals surface area (Å²) in [5.41, 5.74) is 0. The minimum absolute atomic E-state index is 0.281. The van der Waals surface area contributed by atoms with Crippen LogP contribution in [0.1, 0.15) is 0 Å². The zero-order valence-corrected chi connectivity index (χ0v) is 10.4. The summed E-state index contributed by atoms with van der Waals surface area (Å²) < 4.78 is 5.64. The summed E-state index contributed by atoms with van der Waals surface area (Å²) in [6.45, 7) is 6.81. The van der Waals surface area contributed by atoms with Gasteiger partial charge in [-0.25, -0.2) is 0 Å². The number of ether oxygens (including phenoxy) is 1. The van der Waals surface area contributed by atoms with Crippen LogP contribution in [0, 0.1) is 0 Å². The molecule has 72 valence electrons. The van der Waals surface area contributed by atoms with E-state index in [9.17, 15) is 0 Å². The molecule has 1 aliphatic rings. The van der Waals surface area contributed by atoms with Crippen LogP contribution in [0.3, 0.4) is 0 Å². The first-order valence-corrected chi connectivity index (χ1v) is 8.30. The van der Waals surface area contributed by atoms with E-state index in [0.717, 1.165) is 4.86 Å². The zero-order valence-electron chi connectivity index (χ0n) is 8.63. The molecule has 3 heteroatoms. The van der Waals surface area contributed by atoms with Crippen molar-refractivity contribution >= 4 is 25.2 Å². The Labute approximate surface area is 86.5 Å². The van der Waals surface area contributed by atoms with E-state index in [2.05, 4.69) is 25.7 Å². The molecule has 0 bridgehead atoms. The van der Waals surface area contributed by atoms with Gasteiger partial charge >= 0.3 is 0 Å². The van der Waals surface area contributed by atoms with E-state index in [-0.39, 0.29) is 5.22 Å². The van der Waals surface area contributed by atoms with E-state index < -0.39 is 8.07 Å². The minimum atomic E-state index is -1.47. The van der Waals surface area contributed by atoms with Gasteiger partial charge in [0.1, 0.15) is 5.22 Å². The molecule has 13 heavy (non-hydrogen) atoms. The van der Waals surface area contributed by atoms with Gasteiger partial charge in [-0.15, -0.1) is 0 Å². The molecule has 1 atom stereocenters. The molecule has 0 radical (unpaired) electrons. The van der Waals surface area contributed by atoms with Crippen molar-refractivity contribution in [1.82, 2.24) is 0 Å². The molecule has 0 aromatic heterocycles. The molecule has 0 spiro atoms. The van der Waals surface area contributed by atoms with Gasteiger partial charge in [0.2, 0.25) is 0 Å². The maximum atomic E-state index is 5.64. The second-order valence-corrected chi connectivity index (χ2v) is 9.95. The highest BCUT2D eigenvalue weighted by molar-refractivity contribution is 7.81. The summed E-state index contributed by atoms with van der Waals surface area (Å²) in [7, 11) is 0.273. The number of hydrogen-bond acceptors (Lipinski definition) is 2. The average molecular weight is 212 g/mol. The largest absolute Gasteiger partial charge is 0.372 e. The third-order valence-corrected chi connectivity index (χ3v) is 5.98. The van der Waals surface area contributed by atoms with Crippen molar-refractivity contribution in [3.8, 4) is 0 Å². The van der Waals surface area contributed by atoms with Gasteiger partial charge in [0.15, 0.2) is 0 Å². The number of rotatable bonds is 2. The van der Waals surface area contributed by atoms with Crippen LogP contribution in [0.2, 0.25) is 19.6 Å². The van der Waals surface area contributed by atoms with Gasteiger partial charge in [-0.3, -0.25) is 0 Å². The first-order chi connectivity index (χ1) is 5.94. The molecule has 0 aliphatic heterocycles. The molecule has 0 saturated heterocycles. The molecule has 1 aliphatic carbocycles. The van der Waals surface area contributed by atoms with Crippen molar-refractivity contribution in [3.63, 3.8) is 0 Å². The second-order valence-electron chi connectivity index (χ2n) is 4.27. The van der Waals surface area contributed by atoms with E-state index in [1.165, 1.54) is 0 Å². The van der Waals surface area contributed by atoms with Crippen molar-refractivity contribution in [2.45, 2.75) is 24.9 Å². The third kappa shape index (κ3) is 1.68. The molecule has 0 aromatic carbocycles. The monoisotopic (exact) mass is 212 g/mol. The normalized spacial score (nSPS) is 28.2. The Morgan fingerprint density at radius 2 is 1.92 bits per heavy atom. The zero-order chi connectivity index (χ0) is 10.1. The van der Waals surface area contributed by atoms with Crippen LogP contribution in [0.25, 0.3) is 0 Å². The molecule has 1 rings (SSSR count). The molecule has 0 aromatic rings. The van der Waals surface area contributed by atoms with Crippen LogP contribution in [0.4, 0.5) is 0 Å². The average Bonchev–Trinajstić information content (AvgIpc) is 2.03. The fourth-order valence-electron chi connectivity index (χ4n) is 1.63. The summed E-state index contributed by atoms with van der Waals surface area (Å²) in [5, 5.41) is -0.281. The van der Waals surface area contributed by atoms with Gasteiger partial charge in [-0.05, 0) is 6.08 Å². The van der Waals surface area contributed by atoms with Gasteiger partial charge in [0, 0.05) is 12.0 Å². The Hall–Kier alpha value is -0.253. The standard InChI is InChI=1S/C10H16OSSi/c1-11-10(13(2,3)4)8-6-5-7-9(10)12/h5-8H,1-4H3. The lowest BCUT2D eigenvalue weighted by molar-refractivity contribution is 0.151. The smallest absolute Gasteiger partial charge is 0.109 e. The predicted octanol–water partition coefficient (Wildman–Crippen LogP) is 2.74. The van der Waals surface area contributed by atoms with Gasteiger partial charge in [-0.2, -0.15) is 0 Å².